The topological polar surface area (TPSA) is 80.0 Å². The average Bonchev–Trinajstić information content (AvgIpc) is 2.85. The Morgan fingerprint density at radius 1 is 1.43 bits per heavy atom. The van der Waals surface area contributed by atoms with Crippen LogP contribution in [-0.4, -0.2) is 38.1 Å². The summed E-state index contributed by atoms with van der Waals surface area (Å²) in [7, 11) is 0. The Hall–Kier alpha value is -2.44. The molecule has 0 aliphatic heterocycles. The lowest BCUT2D eigenvalue weighted by Crippen LogP contribution is -2.25. The van der Waals surface area contributed by atoms with Gasteiger partial charge in [0.2, 0.25) is 0 Å². The number of anilines is 1. The second kappa shape index (κ2) is 5.90. The summed E-state index contributed by atoms with van der Waals surface area (Å²) in [5.41, 5.74) is 0.854. The van der Waals surface area contributed by atoms with E-state index in [1.165, 1.54) is 23.7 Å². The van der Waals surface area contributed by atoms with Crippen molar-refractivity contribution in [1.82, 2.24) is 14.8 Å². The molecule has 0 spiro atoms. The minimum atomic E-state index is -1.09. The third kappa shape index (κ3) is 3.56. The number of hydrogen-bond acceptors (Lipinski definition) is 4. The van der Waals surface area contributed by atoms with Crippen molar-refractivity contribution < 1.29 is 14.3 Å². The first kappa shape index (κ1) is 15.0. The number of nitrogens with one attached hydrogen (secondary N) is 1. The van der Waals surface area contributed by atoms with E-state index in [1.54, 1.807) is 19.2 Å². The number of carbonyl (C=O) groups is 1. The Kier molecular flexibility index (Phi) is 4.21. The lowest BCUT2D eigenvalue weighted by molar-refractivity contribution is 0.0696. The molecule has 0 saturated heterocycles. The van der Waals surface area contributed by atoms with Crippen molar-refractivity contribution in [3.8, 4) is 5.82 Å². The zero-order valence-corrected chi connectivity index (χ0v) is 12.0. The van der Waals surface area contributed by atoms with Crippen LogP contribution in [0.4, 0.5) is 10.2 Å². The molecule has 21 heavy (non-hydrogen) atoms. The minimum absolute atomic E-state index is 0.0642. The molecule has 0 fully saturated rings. The maximum atomic E-state index is 13.2. The maximum Gasteiger partial charge on any atom is 0.335 e. The molecule has 0 radical (unpaired) electrons. The Bertz CT molecular complexity index is 654. The van der Waals surface area contributed by atoms with E-state index < -0.39 is 18.2 Å². The number of hydrogen-bond donors (Lipinski definition) is 2. The fourth-order valence-electron chi connectivity index (χ4n) is 1.72. The number of aromatic nitrogens is 3. The van der Waals surface area contributed by atoms with Crippen molar-refractivity contribution in [2.24, 2.45) is 0 Å². The third-order valence-corrected chi connectivity index (χ3v) is 3.08. The van der Waals surface area contributed by atoms with Gasteiger partial charge in [0.15, 0.2) is 5.82 Å². The molecule has 2 aromatic rings. The van der Waals surface area contributed by atoms with Gasteiger partial charge in [-0.3, -0.25) is 0 Å². The van der Waals surface area contributed by atoms with Crippen molar-refractivity contribution in [2.45, 2.75) is 33.0 Å². The number of carboxylic acids is 1. The van der Waals surface area contributed by atoms with Crippen LogP contribution in [0, 0.1) is 6.92 Å². The molecule has 2 heterocycles. The van der Waals surface area contributed by atoms with Gasteiger partial charge in [0.05, 0.1) is 17.3 Å². The minimum Gasteiger partial charge on any atom is -0.478 e. The molecule has 2 N–H and O–H groups in total. The fraction of sp³-hybridized carbons (Fsp3) is 0.357. The molecule has 0 aromatic carbocycles. The molecule has 0 aliphatic carbocycles. The van der Waals surface area contributed by atoms with E-state index in [9.17, 15) is 9.18 Å². The number of alkyl halides is 1. The van der Waals surface area contributed by atoms with E-state index in [-0.39, 0.29) is 5.56 Å². The summed E-state index contributed by atoms with van der Waals surface area (Å²) in [6, 6.07) is 4.10. The lowest BCUT2D eigenvalue weighted by Gasteiger charge is -2.16. The molecule has 2 aromatic heterocycles. The molecule has 2 rings (SSSR count). The predicted octanol–water partition coefficient (Wildman–Crippen LogP) is 2.43. The van der Waals surface area contributed by atoms with E-state index in [0.717, 1.165) is 5.69 Å². The predicted molar refractivity (Wildman–Crippen MR) is 76.7 cm³/mol. The Morgan fingerprint density at radius 2 is 2.14 bits per heavy atom. The van der Waals surface area contributed by atoms with Gasteiger partial charge >= 0.3 is 5.97 Å². The highest BCUT2D eigenvalue weighted by Crippen LogP contribution is 2.16. The molecule has 6 nitrogen and oxygen atoms in total. The monoisotopic (exact) mass is 292 g/mol. The van der Waals surface area contributed by atoms with Gasteiger partial charge in [-0.2, -0.15) is 5.10 Å². The largest absolute Gasteiger partial charge is 0.478 e. The summed E-state index contributed by atoms with van der Waals surface area (Å²) >= 11 is 0. The van der Waals surface area contributed by atoms with Gasteiger partial charge in [0.25, 0.3) is 0 Å². The molecule has 112 valence electrons. The van der Waals surface area contributed by atoms with Gasteiger partial charge in [-0.1, -0.05) is 0 Å². The van der Waals surface area contributed by atoms with Gasteiger partial charge in [0.1, 0.15) is 12.0 Å². The Morgan fingerprint density at radius 3 is 2.67 bits per heavy atom. The molecule has 0 saturated carbocycles. The highest BCUT2D eigenvalue weighted by atomic mass is 19.1. The fourth-order valence-corrected chi connectivity index (χ4v) is 1.72. The van der Waals surface area contributed by atoms with E-state index in [4.69, 9.17) is 5.11 Å². The van der Waals surface area contributed by atoms with E-state index in [1.807, 2.05) is 6.92 Å². The van der Waals surface area contributed by atoms with Crippen LogP contribution in [0.3, 0.4) is 0 Å². The normalized spacial score (nSPS) is 13.7. The van der Waals surface area contributed by atoms with Gasteiger partial charge < -0.3 is 10.4 Å². The number of nitrogens with zero attached hydrogens (tertiary/aromatic N) is 3. The lowest BCUT2D eigenvalue weighted by atomic mass is 10.2. The highest BCUT2D eigenvalue weighted by Gasteiger charge is 2.14. The number of aromatic carboxylic acids is 1. The van der Waals surface area contributed by atoms with Crippen LogP contribution in [0.1, 0.15) is 29.9 Å². The first-order valence-electron chi connectivity index (χ1n) is 6.55. The summed E-state index contributed by atoms with van der Waals surface area (Å²) in [6.07, 6.45) is 0.601. The van der Waals surface area contributed by atoms with Crippen molar-refractivity contribution in [3.05, 3.63) is 35.7 Å². The standard InChI is InChI=1S/C14H17FN4O2/c1-8-4-5-19(18-8)13-7-11(14(20)21)6-12(17-13)16-10(3)9(2)15/h4-7,9-10H,1-3H3,(H,16,17)(H,20,21)/t9-,10?/m0/s1. The quantitative estimate of drug-likeness (QED) is 0.884. The zero-order chi connectivity index (χ0) is 15.6. The molecule has 7 heteroatoms. The van der Waals surface area contributed by atoms with Gasteiger partial charge in [0, 0.05) is 6.20 Å². The van der Waals surface area contributed by atoms with Gasteiger partial charge in [-0.15, -0.1) is 0 Å². The first-order chi connectivity index (χ1) is 9.86. The number of aryl methyl sites for hydroxylation is 1. The van der Waals surface area contributed by atoms with Crippen molar-refractivity contribution in [2.75, 3.05) is 5.32 Å². The van der Waals surface area contributed by atoms with Crippen molar-refractivity contribution in [3.63, 3.8) is 0 Å². The van der Waals surface area contributed by atoms with E-state index in [2.05, 4.69) is 15.4 Å². The third-order valence-electron chi connectivity index (χ3n) is 3.08. The number of pyridine rings is 1. The van der Waals surface area contributed by atoms with Crippen LogP contribution >= 0.6 is 0 Å². The SMILES string of the molecule is Cc1ccn(-c2cc(C(=O)O)cc(NC(C)[C@H](C)F)n2)n1. The molecular formula is C14H17FN4O2. The van der Waals surface area contributed by atoms with Crippen LogP contribution < -0.4 is 5.32 Å². The molecule has 0 amide bonds. The van der Waals surface area contributed by atoms with Crippen LogP contribution in [-0.2, 0) is 0 Å². The van der Waals surface area contributed by atoms with Crippen LogP contribution in [0.5, 0.6) is 0 Å². The second-order valence-corrected chi connectivity index (χ2v) is 4.92. The first-order valence-corrected chi connectivity index (χ1v) is 6.55. The Balaban J connectivity index is 2.41. The van der Waals surface area contributed by atoms with Crippen LogP contribution in [0.2, 0.25) is 0 Å². The van der Waals surface area contributed by atoms with Gasteiger partial charge in [-0.25, -0.2) is 18.9 Å². The zero-order valence-electron chi connectivity index (χ0n) is 12.0. The van der Waals surface area contributed by atoms with Crippen LogP contribution in [0.25, 0.3) is 5.82 Å². The Labute approximate surface area is 121 Å². The highest BCUT2D eigenvalue weighted by molar-refractivity contribution is 5.89. The summed E-state index contributed by atoms with van der Waals surface area (Å²) in [4.78, 5) is 15.5. The molecular weight excluding hydrogens is 275 g/mol. The van der Waals surface area contributed by atoms with E-state index >= 15 is 0 Å². The van der Waals surface area contributed by atoms with Crippen LogP contribution in [0.15, 0.2) is 24.4 Å². The van der Waals surface area contributed by atoms with Gasteiger partial charge in [-0.05, 0) is 39.0 Å². The number of carboxylic acid groups (broad SMARTS) is 1. The van der Waals surface area contributed by atoms with Crippen molar-refractivity contribution in [1.29, 1.82) is 0 Å². The van der Waals surface area contributed by atoms with E-state index in [0.29, 0.717) is 11.6 Å². The summed E-state index contributed by atoms with van der Waals surface area (Å²) in [5.74, 6) is -0.411. The number of rotatable bonds is 5. The summed E-state index contributed by atoms with van der Waals surface area (Å²) in [6.45, 7) is 4.91. The molecule has 2 atom stereocenters. The van der Waals surface area contributed by atoms with Crippen molar-refractivity contribution >= 4 is 11.8 Å². The molecule has 1 unspecified atom stereocenters. The second-order valence-electron chi connectivity index (χ2n) is 4.92. The molecule has 0 bridgehead atoms. The molecule has 0 aliphatic rings. The maximum absolute atomic E-state index is 13.2. The average molecular weight is 292 g/mol. The summed E-state index contributed by atoms with van der Waals surface area (Å²) < 4.78 is 14.7. The smallest absolute Gasteiger partial charge is 0.335 e. The summed E-state index contributed by atoms with van der Waals surface area (Å²) in [5, 5.41) is 16.2. The number of halogens is 1.